The Morgan fingerprint density at radius 3 is 3.00 bits per heavy atom. The lowest BCUT2D eigenvalue weighted by Crippen LogP contribution is -2.17. The molecule has 0 N–H and O–H groups in total. The van der Waals surface area contributed by atoms with Gasteiger partial charge in [-0.05, 0) is 6.42 Å². The lowest BCUT2D eigenvalue weighted by molar-refractivity contribution is -0.404. The minimum atomic E-state index is -0.441. The Morgan fingerprint density at radius 2 is 2.50 bits per heavy atom. The Hall–Kier alpha value is -1.10. The second kappa shape index (κ2) is 3.53. The van der Waals surface area contributed by atoms with E-state index in [1.54, 1.807) is 7.11 Å². The van der Waals surface area contributed by atoms with Crippen LogP contribution in [0, 0.1) is 10.1 Å². The molecule has 1 saturated heterocycles. The van der Waals surface area contributed by atoms with Crippen molar-refractivity contribution in [1.29, 1.82) is 0 Å². The van der Waals surface area contributed by atoms with Gasteiger partial charge in [0.05, 0.1) is 4.92 Å². The third-order valence-electron chi connectivity index (χ3n) is 2.02. The maximum atomic E-state index is 10.2. The lowest BCUT2D eigenvalue weighted by atomic mass is 10.2. The number of hydrogen-bond donors (Lipinski definition) is 0. The summed E-state index contributed by atoms with van der Waals surface area (Å²) < 4.78 is 5.08. The van der Waals surface area contributed by atoms with E-state index in [1.165, 1.54) is 0 Å². The fraction of sp³-hybridized carbons (Fsp3) is 0.714. The van der Waals surface area contributed by atoms with Crippen LogP contribution < -0.4 is 0 Å². The molecule has 0 saturated carbocycles. The average Bonchev–Trinajstić information content (AvgIpc) is 2.32. The number of nitro groups is 1. The van der Waals surface area contributed by atoms with Crippen LogP contribution in [0.25, 0.3) is 0 Å². The number of hydrogen-bond acceptors (Lipinski definition) is 4. The molecule has 1 atom stereocenters. The average molecular weight is 172 g/mol. The molecule has 1 aliphatic heterocycles. The fourth-order valence-electron chi connectivity index (χ4n) is 1.36. The molecule has 0 aromatic rings. The molecular weight excluding hydrogens is 160 g/mol. The summed E-state index contributed by atoms with van der Waals surface area (Å²) in [7, 11) is 3.39. The molecule has 12 heavy (non-hydrogen) atoms. The molecule has 1 rings (SSSR count). The molecule has 1 fully saturated rings. The highest BCUT2D eigenvalue weighted by molar-refractivity contribution is 5.08. The molecule has 5 heteroatoms. The lowest BCUT2D eigenvalue weighted by Gasteiger charge is -2.12. The first-order valence-corrected chi connectivity index (χ1v) is 3.74. The molecule has 0 bridgehead atoms. The number of likely N-dealkylation sites (N-methyl/N-ethyl adjacent to an activating group) is 1. The van der Waals surface area contributed by atoms with Crippen LogP contribution >= 0.6 is 0 Å². The molecule has 5 nitrogen and oxygen atoms in total. The monoisotopic (exact) mass is 172 g/mol. The van der Waals surface area contributed by atoms with Crippen molar-refractivity contribution < 1.29 is 9.66 Å². The normalized spacial score (nSPS) is 26.7. The topological polar surface area (TPSA) is 55.6 Å². The summed E-state index contributed by atoms with van der Waals surface area (Å²) >= 11 is 0. The molecule has 1 heterocycles. The van der Waals surface area contributed by atoms with Gasteiger partial charge in [0.2, 0.25) is 0 Å². The highest BCUT2D eigenvalue weighted by Crippen LogP contribution is 2.21. The van der Waals surface area contributed by atoms with E-state index in [4.69, 9.17) is 4.74 Å². The van der Waals surface area contributed by atoms with Crippen molar-refractivity contribution in [2.75, 3.05) is 20.7 Å². The summed E-state index contributed by atoms with van der Waals surface area (Å²) in [4.78, 5) is 11.6. The van der Waals surface area contributed by atoms with Crippen LogP contribution in [0.2, 0.25) is 0 Å². The second-order valence-electron chi connectivity index (χ2n) is 2.77. The fourth-order valence-corrected chi connectivity index (χ4v) is 1.36. The van der Waals surface area contributed by atoms with Crippen LogP contribution in [0.15, 0.2) is 11.9 Å². The van der Waals surface area contributed by atoms with Crippen molar-refractivity contribution in [3.05, 3.63) is 22.0 Å². The molecule has 0 amide bonds. The van der Waals surface area contributed by atoms with Crippen LogP contribution in [-0.4, -0.2) is 36.6 Å². The van der Waals surface area contributed by atoms with Gasteiger partial charge in [-0.1, -0.05) is 0 Å². The van der Waals surface area contributed by atoms with Crippen LogP contribution in [0.5, 0.6) is 0 Å². The van der Waals surface area contributed by atoms with Gasteiger partial charge in [0.15, 0.2) is 0 Å². The summed E-state index contributed by atoms with van der Waals surface area (Å²) in [5.74, 6) is 0. The summed E-state index contributed by atoms with van der Waals surface area (Å²) in [6.45, 7) is 0.818. The van der Waals surface area contributed by atoms with Crippen LogP contribution in [0.1, 0.15) is 6.42 Å². The predicted molar refractivity (Wildman–Crippen MR) is 43.1 cm³/mol. The molecule has 0 radical (unpaired) electrons. The van der Waals surface area contributed by atoms with Crippen molar-refractivity contribution in [2.24, 2.45) is 0 Å². The van der Waals surface area contributed by atoms with Gasteiger partial charge in [0.25, 0.3) is 6.20 Å². The third-order valence-corrected chi connectivity index (χ3v) is 2.02. The van der Waals surface area contributed by atoms with Gasteiger partial charge in [-0.2, -0.15) is 0 Å². The summed E-state index contributed by atoms with van der Waals surface area (Å²) in [6.07, 6.45) is 1.73. The van der Waals surface area contributed by atoms with Crippen LogP contribution in [0.4, 0.5) is 0 Å². The quantitative estimate of drug-likeness (QED) is 0.448. The van der Waals surface area contributed by atoms with E-state index in [9.17, 15) is 10.1 Å². The SMILES string of the molecule is COC1CCN(C)C1=C[N+](=O)[O-]. The number of ether oxygens (including phenoxy) is 1. The molecule has 0 spiro atoms. The van der Waals surface area contributed by atoms with Gasteiger partial charge in [-0.3, -0.25) is 10.1 Å². The van der Waals surface area contributed by atoms with E-state index in [-0.39, 0.29) is 6.10 Å². The van der Waals surface area contributed by atoms with Crippen LogP contribution in [0.3, 0.4) is 0 Å². The van der Waals surface area contributed by atoms with E-state index in [0.717, 1.165) is 19.2 Å². The number of likely N-dealkylation sites (tertiary alicyclic amines) is 1. The molecule has 0 aromatic heterocycles. The Morgan fingerprint density at radius 1 is 1.83 bits per heavy atom. The summed E-state index contributed by atoms with van der Waals surface area (Å²) in [5.41, 5.74) is 0.655. The molecular formula is C7H12N2O3. The van der Waals surface area contributed by atoms with Crippen LogP contribution in [-0.2, 0) is 4.74 Å². The first-order valence-electron chi connectivity index (χ1n) is 3.74. The Kier molecular flexibility index (Phi) is 2.65. The minimum absolute atomic E-state index is 0.111. The Bertz CT molecular complexity index is 215. The smallest absolute Gasteiger partial charge is 0.256 e. The standard InChI is InChI=1S/C7H12N2O3/c1-8-4-3-7(12-2)6(8)5-9(10)11/h5,7H,3-4H2,1-2H3. The molecule has 1 unspecified atom stereocenters. The summed E-state index contributed by atoms with van der Waals surface area (Å²) in [6, 6.07) is 0. The van der Waals surface area contributed by atoms with Gasteiger partial charge in [-0.25, -0.2) is 0 Å². The zero-order valence-corrected chi connectivity index (χ0v) is 7.19. The van der Waals surface area contributed by atoms with E-state index in [2.05, 4.69) is 0 Å². The van der Waals surface area contributed by atoms with Gasteiger partial charge >= 0.3 is 0 Å². The predicted octanol–water partition coefficient (Wildman–Crippen LogP) is 0.455. The molecule has 0 aliphatic carbocycles. The zero-order chi connectivity index (χ0) is 9.14. The van der Waals surface area contributed by atoms with Crippen molar-refractivity contribution in [3.8, 4) is 0 Å². The van der Waals surface area contributed by atoms with Crippen molar-refractivity contribution in [1.82, 2.24) is 4.90 Å². The van der Waals surface area contributed by atoms with E-state index in [0.29, 0.717) is 5.70 Å². The van der Waals surface area contributed by atoms with Crippen molar-refractivity contribution >= 4 is 0 Å². The second-order valence-corrected chi connectivity index (χ2v) is 2.77. The van der Waals surface area contributed by atoms with E-state index >= 15 is 0 Å². The van der Waals surface area contributed by atoms with Gasteiger partial charge in [0.1, 0.15) is 11.8 Å². The highest BCUT2D eigenvalue weighted by Gasteiger charge is 2.27. The highest BCUT2D eigenvalue weighted by atomic mass is 16.6. The first-order chi connectivity index (χ1) is 5.65. The van der Waals surface area contributed by atoms with E-state index in [1.807, 2.05) is 11.9 Å². The van der Waals surface area contributed by atoms with E-state index < -0.39 is 4.92 Å². The maximum absolute atomic E-state index is 10.2. The minimum Gasteiger partial charge on any atom is -0.375 e. The summed E-state index contributed by atoms with van der Waals surface area (Å²) in [5, 5.41) is 10.2. The number of rotatable bonds is 2. The van der Waals surface area contributed by atoms with Crippen molar-refractivity contribution in [3.63, 3.8) is 0 Å². The zero-order valence-electron chi connectivity index (χ0n) is 7.19. The van der Waals surface area contributed by atoms with Gasteiger partial charge in [0, 0.05) is 20.7 Å². The van der Waals surface area contributed by atoms with Gasteiger partial charge in [-0.15, -0.1) is 0 Å². The number of methoxy groups -OCH3 is 1. The Labute approximate surface area is 70.8 Å². The Balaban J connectivity index is 2.76. The number of nitrogens with zero attached hydrogens (tertiary/aromatic N) is 2. The molecule has 1 aliphatic rings. The molecule has 68 valence electrons. The van der Waals surface area contributed by atoms with Gasteiger partial charge < -0.3 is 9.64 Å². The maximum Gasteiger partial charge on any atom is 0.256 e. The third kappa shape index (κ3) is 1.73. The first kappa shape index (κ1) is 8.99. The molecule has 0 aromatic carbocycles. The largest absolute Gasteiger partial charge is 0.375 e. The van der Waals surface area contributed by atoms with Crippen molar-refractivity contribution in [2.45, 2.75) is 12.5 Å².